The fourth-order valence-corrected chi connectivity index (χ4v) is 0. The molecule has 0 aromatic carbocycles. The van der Waals surface area contributed by atoms with Crippen molar-refractivity contribution >= 4 is 45.0 Å². The normalized spacial score (nSPS) is 8.57. The van der Waals surface area contributed by atoms with Crippen LogP contribution in [-0.2, 0) is 0 Å². The number of rotatable bonds is 0. The molecule has 0 amide bonds. The topological polar surface area (TPSA) is 0 Å². The maximum absolute atomic E-state index is 9.75. The van der Waals surface area contributed by atoms with E-state index < -0.39 is 7.25 Å². The van der Waals surface area contributed by atoms with Gasteiger partial charge in [-0.25, -0.2) is 0 Å². The quantitative estimate of drug-likeness (QED) is 0.298. The molecule has 0 rings (SSSR count). The molecule has 0 saturated heterocycles. The summed E-state index contributed by atoms with van der Waals surface area (Å²) in [7, 11) is -6.00. The van der Waals surface area contributed by atoms with E-state index in [0.29, 0.717) is 0 Å². The molecule has 0 aliphatic rings. The van der Waals surface area contributed by atoms with Gasteiger partial charge in [-0.15, -0.1) is 0 Å². The fraction of sp³-hybridized carbons (Fsp3) is 0. The Kier molecular flexibility index (Phi) is 15.9. The molecule has 0 N–H and O–H groups in total. The summed E-state index contributed by atoms with van der Waals surface area (Å²) in [4.78, 5) is 0. The number of halogens is 4. The zero-order chi connectivity index (χ0) is 4.50. The van der Waals surface area contributed by atoms with E-state index in [9.17, 15) is 17.3 Å². The Balaban J connectivity index is -0.00000000800. The van der Waals surface area contributed by atoms with Crippen LogP contribution >= 0.6 is 0 Å². The van der Waals surface area contributed by atoms with Crippen LogP contribution in [0.3, 0.4) is 0 Å². The van der Waals surface area contributed by atoms with Gasteiger partial charge in [0.05, 0.1) is 0 Å². The predicted molar refractivity (Wildman–Crippen MR) is 19.3 cm³/mol. The molecule has 0 aliphatic carbocycles. The van der Waals surface area contributed by atoms with E-state index in [2.05, 4.69) is 0 Å². The van der Waals surface area contributed by atoms with E-state index in [1.54, 1.807) is 0 Å². The van der Waals surface area contributed by atoms with Crippen LogP contribution in [0.2, 0.25) is 0 Å². The predicted octanol–water partition coefficient (Wildman–Crippen LogP) is -1.74. The molecule has 0 aliphatic heterocycles. The Hall–Kier alpha value is 2.68. The van der Waals surface area contributed by atoms with E-state index >= 15 is 0 Å². The van der Waals surface area contributed by atoms with Gasteiger partial charge in [0.15, 0.2) is 0 Å². The molecule has 0 heterocycles. The van der Waals surface area contributed by atoms with E-state index in [4.69, 9.17) is 0 Å². The second kappa shape index (κ2) is 6.80. The Bertz CT molecular complexity index is 36.0. The van der Waals surface area contributed by atoms with Crippen molar-refractivity contribution in [2.75, 3.05) is 0 Å². The Morgan fingerprint density at radius 2 is 1.00 bits per heavy atom. The summed E-state index contributed by atoms with van der Waals surface area (Å²) >= 11 is 0. The summed E-state index contributed by atoms with van der Waals surface area (Å²) in [6.45, 7) is 0. The Morgan fingerprint density at radius 1 is 1.00 bits per heavy atom. The minimum absolute atomic E-state index is 0. The van der Waals surface area contributed by atoms with Gasteiger partial charge in [0.1, 0.15) is 0 Å². The third-order valence-corrected chi connectivity index (χ3v) is 0. The van der Waals surface area contributed by atoms with Crippen molar-refractivity contribution < 1.29 is 72.9 Å². The summed E-state index contributed by atoms with van der Waals surface area (Å²) in [6, 6.07) is 0. The van der Waals surface area contributed by atoms with E-state index in [0.717, 1.165) is 0 Å². The van der Waals surface area contributed by atoms with Crippen molar-refractivity contribution in [3.8, 4) is 0 Å². The van der Waals surface area contributed by atoms with Crippen molar-refractivity contribution in [3.63, 3.8) is 0 Å². The maximum Gasteiger partial charge on any atom is 2.00 e. The summed E-state index contributed by atoms with van der Waals surface area (Å²) in [5.41, 5.74) is 0. The van der Waals surface area contributed by atoms with Crippen molar-refractivity contribution in [2.24, 2.45) is 0 Å². The number of hydrogen-bond acceptors (Lipinski definition) is 0. The zero-order valence-electron chi connectivity index (χ0n) is 6.80. The van der Waals surface area contributed by atoms with Gasteiger partial charge < -0.3 is 21.5 Å². The minimum Gasteiger partial charge on any atom is -1.00 e. The molecule has 0 radical (unpaired) electrons. The van der Waals surface area contributed by atoms with Gasteiger partial charge in [0.25, 0.3) is 0 Å². The van der Waals surface area contributed by atoms with Crippen LogP contribution < -0.4 is 51.4 Å². The van der Waals surface area contributed by atoms with E-state index in [-0.39, 0.29) is 93.4 Å². The summed E-state index contributed by atoms with van der Waals surface area (Å²) in [6.07, 6.45) is 0. The average molecular weight is 169 g/mol. The van der Waals surface area contributed by atoms with Crippen LogP contribution in [0.5, 0.6) is 0 Å². The molecule has 7 heteroatoms. The number of hydrogen-bond donors (Lipinski definition) is 0. The molecule has 0 atom stereocenters. The van der Waals surface area contributed by atoms with Crippen LogP contribution in [-0.4, -0.2) is 45.0 Å². The molecule has 0 aromatic heterocycles. The van der Waals surface area contributed by atoms with Crippen LogP contribution in [0, 0.1) is 0 Å². The van der Waals surface area contributed by atoms with E-state index in [1.165, 1.54) is 0 Å². The molecule has 0 unspecified atom stereocenters. The molecular weight excluding hydrogens is 166 g/mol. The molecule has 0 bridgehead atoms. The van der Waals surface area contributed by atoms with Gasteiger partial charge in [0.2, 0.25) is 0 Å². The Morgan fingerprint density at radius 3 is 1.00 bits per heavy atom. The van der Waals surface area contributed by atoms with Gasteiger partial charge in [-0.1, -0.05) is 0 Å². The first-order valence-electron chi connectivity index (χ1n) is 0.873. The van der Waals surface area contributed by atoms with Crippen LogP contribution in [0.25, 0.3) is 0 Å². The largest absolute Gasteiger partial charge is 2.00 e. The van der Waals surface area contributed by atoms with E-state index in [1.807, 2.05) is 0 Å². The summed E-state index contributed by atoms with van der Waals surface area (Å²) < 4.78 is 39.0. The minimum atomic E-state index is -6.00. The van der Waals surface area contributed by atoms with Crippen molar-refractivity contribution in [1.82, 2.24) is 0 Å². The van der Waals surface area contributed by atoms with Gasteiger partial charge in [0, 0.05) is 0 Å². The van der Waals surface area contributed by atoms with Crippen LogP contribution in [0.1, 0.15) is 4.28 Å². The molecule has 0 spiro atoms. The third-order valence-electron chi connectivity index (χ3n) is 0. The van der Waals surface area contributed by atoms with Gasteiger partial charge in [-0.3, -0.25) is 0 Å². The first kappa shape index (κ1) is 16.3. The average Bonchev–Trinajstić information content (AvgIpc) is 0.722. The molecule has 0 nitrogen and oxygen atoms in total. The molecule has 0 aromatic rings. The first-order chi connectivity index (χ1) is 2.00. The van der Waals surface area contributed by atoms with Crippen LogP contribution in [0.15, 0.2) is 0 Å². The second-order valence-corrected chi connectivity index (χ2v) is 0.495. The smallest absolute Gasteiger partial charge is 1.00 e. The van der Waals surface area contributed by atoms with Gasteiger partial charge in [-0.05, 0) is 0 Å². The van der Waals surface area contributed by atoms with Crippen LogP contribution in [0.4, 0.5) is 17.3 Å². The SMILES string of the molecule is F[B-](F)(F)F.[Ca+2].[H-].[H-].[H-].[K+]. The standard InChI is InChI=1S/BF4.Ca.K.3H/c2-1(3,4)5;;;;;/q-1;+2;+1;3*-1. The second-order valence-electron chi connectivity index (χ2n) is 0.495. The Labute approximate surface area is 115 Å². The zero-order valence-corrected chi connectivity index (χ0v) is 9.13. The van der Waals surface area contributed by atoms with Crippen molar-refractivity contribution in [2.45, 2.75) is 0 Å². The van der Waals surface area contributed by atoms with Gasteiger partial charge in [-0.2, -0.15) is 0 Å². The third kappa shape index (κ3) is 53.9. The molecule has 0 saturated carbocycles. The van der Waals surface area contributed by atoms with Crippen molar-refractivity contribution in [1.29, 1.82) is 0 Å². The fourth-order valence-electron chi connectivity index (χ4n) is 0. The molecular formula is H3BCaF4K-. The monoisotopic (exact) mass is 169 g/mol. The first-order valence-corrected chi connectivity index (χ1v) is 0.873. The van der Waals surface area contributed by atoms with Gasteiger partial charge >= 0.3 is 96.4 Å². The summed E-state index contributed by atoms with van der Waals surface area (Å²) in [5, 5.41) is 0. The summed E-state index contributed by atoms with van der Waals surface area (Å²) in [5.74, 6) is 0. The van der Waals surface area contributed by atoms with Crippen molar-refractivity contribution in [3.05, 3.63) is 0 Å². The maximum atomic E-state index is 9.75. The molecule has 38 valence electrons. The molecule has 7 heavy (non-hydrogen) atoms. The molecule has 0 fully saturated rings.